The smallest absolute Gasteiger partial charge is 0.125 e. The fraction of sp³-hybridized carbons (Fsp3) is 0.200. The van der Waals surface area contributed by atoms with Gasteiger partial charge in [-0.3, -0.25) is 4.57 Å². The Morgan fingerprint density at radius 3 is 2.18 bits per heavy atom. The van der Waals surface area contributed by atoms with Crippen molar-refractivity contribution in [3.63, 3.8) is 0 Å². The average Bonchev–Trinajstić information content (AvgIpc) is 2.96. The van der Waals surface area contributed by atoms with Crippen LogP contribution in [0.15, 0.2) is 48.5 Å². The summed E-state index contributed by atoms with van der Waals surface area (Å²) in [7, 11) is 2.15. The minimum Gasteiger partial charge on any atom is -0.334 e. The molecule has 0 saturated carbocycles. The highest BCUT2D eigenvalue weighted by atomic mass is 15.1. The fourth-order valence-electron chi connectivity index (χ4n) is 3.58. The van der Waals surface area contributed by atoms with Crippen LogP contribution in [0.3, 0.4) is 0 Å². The zero-order chi connectivity index (χ0) is 15.4. The molecule has 2 aromatic heterocycles. The third kappa shape index (κ3) is 1.61. The molecule has 2 aromatic carbocycles. The molecule has 0 radical (unpaired) electrons. The maximum atomic E-state index is 2.42. The van der Waals surface area contributed by atoms with Crippen LogP contribution in [0.2, 0.25) is 0 Å². The Balaban J connectivity index is 2.29. The van der Waals surface area contributed by atoms with Crippen molar-refractivity contribution in [1.82, 2.24) is 9.13 Å². The van der Waals surface area contributed by atoms with Crippen LogP contribution in [0.4, 0.5) is 0 Å². The van der Waals surface area contributed by atoms with Gasteiger partial charge in [0.05, 0.1) is 11.2 Å². The molecule has 22 heavy (non-hydrogen) atoms. The largest absolute Gasteiger partial charge is 0.334 e. The van der Waals surface area contributed by atoms with E-state index in [1.54, 1.807) is 0 Å². The Morgan fingerprint density at radius 2 is 1.45 bits per heavy atom. The maximum Gasteiger partial charge on any atom is 0.125 e. The molecule has 0 fully saturated rings. The third-order valence-corrected chi connectivity index (χ3v) is 4.75. The first-order valence-electron chi connectivity index (χ1n) is 7.71. The SMILES string of the molecule is Cc1cccc(C)c1-n1c2ccccc2c2cc(C)n(C)c21. The van der Waals surface area contributed by atoms with Gasteiger partial charge in [-0.25, -0.2) is 0 Å². The van der Waals surface area contributed by atoms with Gasteiger partial charge in [-0.2, -0.15) is 0 Å². The number of aryl methyl sites for hydroxylation is 4. The zero-order valence-electron chi connectivity index (χ0n) is 13.5. The number of fused-ring (bicyclic) bond motifs is 3. The van der Waals surface area contributed by atoms with Crippen molar-refractivity contribution in [3.8, 4) is 5.69 Å². The van der Waals surface area contributed by atoms with Gasteiger partial charge in [-0.15, -0.1) is 0 Å². The summed E-state index contributed by atoms with van der Waals surface area (Å²) < 4.78 is 4.71. The van der Waals surface area contributed by atoms with Gasteiger partial charge in [0.25, 0.3) is 0 Å². The van der Waals surface area contributed by atoms with Crippen molar-refractivity contribution in [2.24, 2.45) is 7.05 Å². The van der Waals surface area contributed by atoms with Crippen LogP contribution in [0, 0.1) is 20.8 Å². The summed E-state index contributed by atoms with van der Waals surface area (Å²) in [6, 6.07) is 17.5. The van der Waals surface area contributed by atoms with E-state index < -0.39 is 0 Å². The van der Waals surface area contributed by atoms with E-state index in [1.165, 1.54) is 44.4 Å². The highest BCUT2D eigenvalue weighted by Crippen LogP contribution is 2.35. The summed E-state index contributed by atoms with van der Waals surface area (Å²) in [6.45, 7) is 6.56. The van der Waals surface area contributed by atoms with Gasteiger partial charge >= 0.3 is 0 Å². The Bertz CT molecular complexity index is 995. The highest BCUT2D eigenvalue weighted by molar-refractivity contribution is 6.09. The molecule has 0 aliphatic rings. The number of hydrogen-bond donors (Lipinski definition) is 0. The molecule has 110 valence electrons. The summed E-state index contributed by atoms with van der Waals surface area (Å²) in [5.74, 6) is 0. The van der Waals surface area contributed by atoms with Gasteiger partial charge < -0.3 is 4.57 Å². The molecule has 2 nitrogen and oxygen atoms in total. The standard InChI is InChI=1S/C20H20N2/c1-13-8-7-9-14(2)19(13)22-18-11-6-5-10-16(18)17-12-15(3)21(4)20(17)22/h5-12H,1-4H3. The lowest BCUT2D eigenvalue weighted by Gasteiger charge is -2.15. The van der Waals surface area contributed by atoms with Gasteiger partial charge in [-0.05, 0) is 44.0 Å². The maximum absolute atomic E-state index is 2.42. The van der Waals surface area contributed by atoms with E-state index in [4.69, 9.17) is 0 Å². The van der Waals surface area contributed by atoms with Crippen molar-refractivity contribution in [2.75, 3.05) is 0 Å². The lowest BCUT2D eigenvalue weighted by Crippen LogP contribution is -2.03. The van der Waals surface area contributed by atoms with Crippen molar-refractivity contribution >= 4 is 21.9 Å². The van der Waals surface area contributed by atoms with Gasteiger partial charge in [0.2, 0.25) is 0 Å². The molecule has 0 amide bonds. The van der Waals surface area contributed by atoms with Crippen LogP contribution in [0.25, 0.3) is 27.6 Å². The lowest BCUT2D eigenvalue weighted by atomic mass is 10.1. The molecule has 0 aliphatic carbocycles. The zero-order valence-corrected chi connectivity index (χ0v) is 13.5. The number of rotatable bonds is 1. The Labute approximate surface area is 130 Å². The normalized spacial score (nSPS) is 11.6. The number of nitrogens with zero attached hydrogens (tertiary/aromatic N) is 2. The number of para-hydroxylation sites is 2. The predicted octanol–water partition coefficient (Wildman–Crippen LogP) is 5.05. The summed E-state index contributed by atoms with van der Waals surface area (Å²) in [5, 5.41) is 2.65. The van der Waals surface area contributed by atoms with E-state index in [0.717, 1.165) is 0 Å². The summed E-state index contributed by atoms with van der Waals surface area (Å²) in [5.41, 5.74) is 7.75. The molecule has 4 rings (SSSR count). The van der Waals surface area contributed by atoms with Crippen molar-refractivity contribution in [2.45, 2.75) is 20.8 Å². The second-order valence-corrected chi connectivity index (χ2v) is 6.17. The monoisotopic (exact) mass is 288 g/mol. The van der Waals surface area contributed by atoms with Crippen molar-refractivity contribution in [1.29, 1.82) is 0 Å². The van der Waals surface area contributed by atoms with Crippen LogP contribution in [-0.4, -0.2) is 9.13 Å². The molecule has 0 bridgehead atoms. The molecule has 0 N–H and O–H groups in total. The molecule has 0 unspecified atom stereocenters. The Hall–Kier alpha value is -2.48. The summed E-state index contributed by atoms with van der Waals surface area (Å²) in [4.78, 5) is 0. The van der Waals surface area contributed by atoms with Gasteiger partial charge in [-0.1, -0.05) is 36.4 Å². The molecule has 4 aromatic rings. The quantitative estimate of drug-likeness (QED) is 0.464. The van der Waals surface area contributed by atoms with E-state index in [9.17, 15) is 0 Å². The summed E-state index contributed by atoms with van der Waals surface area (Å²) in [6.07, 6.45) is 0. The number of benzene rings is 2. The first-order valence-corrected chi connectivity index (χ1v) is 7.71. The fourth-order valence-corrected chi connectivity index (χ4v) is 3.58. The summed E-state index contributed by atoms with van der Waals surface area (Å²) >= 11 is 0. The van der Waals surface area contributed by atoms with Crippen LogP contribution >= 0.6 is 0 Å². The molecular formula is C20H20N2. The van der Waals surface area contributed by atoms with E-state index in [-0.39, 0.29) is 0 Å². The Morgan fingerprint density at radius 1 is 0.773 bits per heavy atom. The molecule has 2 heteroatoms. The average molecular weight is 288 g/mol. The number of aromatic nitrogens is 2. The second-order valence-electron chi connectivity index (χ2n) is 6.17. The van der Waals surface area contributed by atoms with Crippen molar-refractivity contribution < 1.29 is 0 Å². The minimum absolute atomic E-state index is 1.27. The van der Waals surface area contributed by atoms with Crippen LogP contribution in [0.5, 0.6) is 0 Å². The van der Waals surface area contributed by atoms with E-state index in [1.807, 2.05) is 0 Å². The molecule has 0 spiro atoms. The molecule has 2 heterocycles. The van der Waals surface area contributed by atoms with Gasteiger partial charge in [0.15, 0.2) is 0 Å². The molecular weight excluding hydrogens is 268 g/mol. The van der Waals surface area contributed by atoms with E-state index >= 15 is 0 Å². The highest BCUT2D eigenvalue weighted by Gasteiger charge is 2.18. The van der Waals surface area contributed by atoms with Crippen LogP contribution in [0.1, 0.15) is 16.8 Å². The topological polar surface area (TPSA) is 9.86 Å². The molecule has 0 atom stereocenters. The van der Waals surface area contributed by atoms with Crippen LogP contribution in [-0.2, 0) is 7.05 Å². The lowest BCUT2D eigenvalue weighted by molar-refractivity contribution is 0.883. The van der Waals surface area contributed by atoms with Gasteiger partial charge in [0.1, 0.15) is 5.65 Å². The predicted molar refractivity (Wildman–Crippen MR) is 94.0 cm³/mol. The first-order chi connectivity index (χ1) is 10.6. The Kier molecular flexibility index (Phi) is 2.70. The van der Waals surface area contributed by atoms with Gasteiger partial charge in [0, 0.05) is 23.5 Å². The third-order valence-electron chi connectivity index (χ3n) is 4.75. The first kappa shape index (κ1) is 13.2. The van der Waals surface area contributed by atoms with E-state index in [2.05, 4.69) is 85.5 Å². The van der Waals surface area contributed by atoms with Crippen LogP contribution < -0.4 is 0 Å². The minimum atomic E-state index is 1.27. The second kappa shape index (κ2) is 4.51. The van der Waals surface area contributed by atoms with E-state index in [0.29, 0.717) is 0 Å². The molecule has 0 aliphatic heterocycles. The molecule has 0 saturated heterocycles. The van der Waals surface area contributed by atoms with Crippen molar-refractivity contribution in [3.05, 3.63) is 65.4 Å². The number of hydrogen-bond acceptors (Lipinski definition) is 0.